The topological polar surface area (TPSA) is 67.9 Å². The number of carbonyl (C=O) groups excluding carboxylic acids is 1. The summed E-state index contributed by atoms with van der Waals surface area (Å²) in [5.41, 5.74) is 0.483. The highest BCUT2D eigenvalue weighted by Gasteiger charge is 2.19. The van der Waals surface area contributed by atoms with Crippen molar-refractivity contribution < 1.29 is 9.53 Å². The maximum absolute atomic E-state index is 11.4. The Morgan fingerprint density at radius 2 is 2.40 bits per heavy atom. The Bertz CT molecular complexity index is 401. The van der Waals surface area contributed by atoms with Crippen molar-refractivity contribution in [3.05, 3.63) is 17.5 Å². The predicted molar refractivity (Wildman–Crippen MR) is 53.3 cm³/mol. The lowest BCUT2D eigenvalue weighted by Gasteiger charge is -2.06. The molecule has 0 aliphatic heterocycles. The Labute approximate surface area is 88.3 Å². The molecule has 0 fully saturated rings. The molecule has 0 amide bonds. The van der Waals surface area contributed by atoms with Gasteiger partial charge in [0, 0.05) is 6.04 Å². The van der Waals surface area contributed by atoms with Gasteiger partial charge in [0.25, 0.3) is 0 Å². The van der Waals surface area contributed by atoms with E-state index in [1.165, 1.54) is 10.9 Å². The number of hydrogen-bond acceptors (Lipinski definition) is 4. The minimum atomic E-state index is -0.499. The van der Waals surface area contributed by atoms with Crippen molar-refractivity contribution in [3.63, 3.8) is 0 Å². The minimum Gasteiger partial charge on any atom is -0.462 e. The van der Waals surface area contributed by atoms with E-state index in [-0.39, 0.29) is 23.9 Å². The lowest BCUT2D eigenvalue weighted by Crippen LogP contribution is -2.09. The van der Waals surface area contributed by atoms with E-state index in [0.29, 0.717) is 0 Å². The molecule has 0 radical (unpaired) electrons. The quantitative estimate of drug-likeness (QED) is 0.704. The first kappa shape index (κ1) is 11.2. The van der Waals surface area contributed by atoms with Gasteiger partial charge >= 0.3 is 5.97 Å². The highest BCUT2D eigenvalue weighted by atomic mass is 16.5. The molecule has 80 valence electrons. The van der Waals surface area contributed by atoms with E-state index in [4.69, 9.17) is 10.00 Å². The molecule has 0 spiro atoms. The van der Waals surface area contributed by atoms with E-state index in [0.717, 1.165) is 0 Å². The summed E-state index contributed by atoms with van der Waals surface area (Å²) in [6, 6.07) is 2.01. The van der Waals surface area contributed by atoms with Gasteiger partial charge in [-0.3, -0.25) is 4.68 Å². The molecule has 15 heavy (non-hydrogen) atoms. The van der Waals surface area contributed by atoms with Gasteiger partial charge < -0.3 is 4.74 Å². The molecular weight excluding hydrogens is 194 g/mol. The second-order valence-corrected chi connectivity index (χ2v) is 3.28. The van der Waals surface area contributed by atoms with Crippen LogP contribution in [-0.2, 0) is 4.74 Å². The number of nitrogens with zero attached hydrogens (tertiary/aromatic N) is 3. The average Bonchev–Trinajstić information content (AvgIpc) is 2.61. The van der Waals surface area contributed by atoms with E-state index >= 15 is 0 Å². The lowest BCUT2D eigenvalue weighted by molar-refractivity contribution is 0.0526. The molecule has 1 heterocycles. The van der Waals surface area contributed by atoms with Gasteiger partial charge in [-0.15, -0.1) is 0 Å². The Morgan fingerprint density at radius 3 is 2.87 bits per heavy atom. The summed E-state index contributed by atoms with van der Waals surface area (Å²) >= 11 is 0. The number of carbonyl (C=O) groups is 1. The first-order chi connectivity index (χ1) is 7.11. The second kappa shape index (κ2) is 4.60. The van der Waals surface area contributed by atoms with Crippen molar-refractivity contribution >= 4 is 5.97 Å². The molecule has 0 atom stereocenters. The fraction of sp³-hybridized carbons (Fsp3) is 0.500. The molecule has 5 heteroatoms. The lowest BCUT2D eigenvalue weighted by atomic mass is 10.2. The van der Waals surface area contributed by atoms with Gasteiger partial charge in [0.15, 0.2) is 5.69 Å². The van der Waals surface area contributed by atoms with E-state index in [1.54, 1.807) is 6.92 Å². The monoisotopic (exact) mass is 207 g/mol. The SMILES string of the molecule is CCOC(=O)c1cnn(C(C)C)c1C#N. The Kier molecular flexibility index (Phi) is 3.45. The summed E-state index contributed by atoms with van der Waals surface area (Å²) in [5, 5.41) is 12.9. The van der Waals surface area contributed by atoms with Gasteiger partial charge in [0.05, 0.1) is 12.8 Å². The largest absolute Gasteiger partial charge is 0.462 e. The number of aromatic nitrogens is 2. The summed E-state index contributed by atoms with van der Waals surface area (Å²) in [7, 11) is 0. The highest BCUT2D eigenvalue weighted by Crippen LogP contribution is 2.13. The zero-order valence-corrected chi connectivity index (χ0v) is 9.02. The third-order valence-electron chi connectivity index (χ3n) is 1.89. The molecule has 1 rings (SSSR count). The van der Waals surface area contributed by atoms with Crippen LogP contribution in [0.25, 0.3) is 0 Å². The smallest absolute Gasteiger partial charge is 0.342 e. The molecule has 0 aliphatic carbocycles. The van der Waals surface area contributed by atoms with E-state index in [1.807, 2.05) is 19.9 Å². The van der Waals surface area contributed by atoms with Gasteiger partial charge in [-0.2, -0.15) is 10.4 Å². The zero-order chi connectivity index (χ0) is 11.4. The third-order valence-corrected chi connectivity index (χ3v) is 1.89. The second-order valence-electron chi connectivity index (χ2n) is 3.28. The summed E-state index contributed by atoms with van der Waals surface area (Å²) < 4.78 is 6.33. The molecule has 0 bridgehead atoms. The Balaban J connectivity index is 3.11. The Hall–Kier alpha value is -1.83. The van der Waals surface area contributed by atoms with Crippen LogP contribution < -0.4 is 0 Å². The molecule has 1 aromatic rings. The summed E-state index contributed by atoms with van der Waals surface area (Å²) in [5.74, 6) is -0.499. The fourth-order valence-electron chi connectivity index (χ4n) is 1.22. The maximum atomic E-state index is 11.4. The normalized spacial score (nSPS) is 10.1. The molecule has 1 aromatic heterocycles. The standard InChI is InChI=1S/C10H13N3O2/c1-4-15-10(14)8-6-12-13(7(2)3)9(8)5-11/h6-7H,4H2,1-3H3. The van der Waals surface area contributed by atoms with E-state index in [9.17, 15) is 4.79 Å². The van der Waals surface area contributed by atoms with Gasteiger partial charge in [-0.05, 0) is 20.8 Å². The van der Waals surface area contributed by atoms with Crippen LogP contribution in [0.15, 0.2) is 6.20 Å². The van der Waals surface area contributed by atoms with Crippen LogP contribution in [0.5, 0.6) is 0 Å². The molecule has 5 nitrogen and oxygen atoms in total. The number of esters is 1. The van der Waals surface area contributed by atoms with Gasteiger partial charge in [0.2, 0.25) is 0 Å². The molecular formula is C10H13N3O2. The number of rotatable bonds is 3. The first-order valence-electron chi connectivity index (χ1n) is 4.76. The van der Waals surface area contributed by atoms with Gasteiger partial charge in [-0.1, -0.05) is 0 Å². The van der Waals surface area contributed by atoms with Gasteiger partial charge in [0.1, 0.15) is 11.6 Å². The van der Waals surface area contributed by atoms with Crippen LogP contribution in [-0.4, -0.2) is 22.4 Å². The van der Waals surface area contributed by atoms with E-state index < -0.39 is 5.97 Å². The summed E-state index contributed by atoms with van der Waals surface area (Å²) in [6.45, 7) is 5.79. The van der Waals surface area contributed by atoms with Crippen LogP contribution in [0.3, 0.4) is 0 Å². The van der Waals surface area contributed by atoms with Crippen LogP contribution in [0.2, 0.25) is 0 Å². The predicted octanol–water partition coefficient (Wildman–Crippen LogP) is 1.51. The summed E-state index contributed by atoms with van der Waals surface area (Å²) in [4.78, 5) is 11.4. The number of hydrogen-bond donors (Lipinski definition) is 0. The van der Waals surface area contributed by atoms with Crippen LogP contribution in [0.1, 0.15) is 42.9 Å². The van der Waals surface area contributed by atoms with Crippen molar-refractivity contribution in [3.8, 4) is 6.07 Å². The van der Waals surface area contributed by atoms with Crippen LogP contribution in [0, 0.1) is 11.3 Å². The number of nitriles is 1. The molecule has 0 saturated heterocycles. The molecule has 0 N–H and O–H groups in total. The van der Waals surface area contributed by atoms with Crippen molar-refractivity contribution in [2.45, 2.75) is 26.8 Å². The van der Waals surface area contributed by atoms with Gasteiger partial charge in [-0.25, -0.2) is 4.79 Å². The first-order valence-corrected chi connectivity index (χ1v) is 4.76. The highest BCUT2D eigenvalue weighted by molar-refractivity contribution is 5.91. The van der Waals surface area contributed by atoms with Crippen molar-refractivity contribution in [1.82, 2.24) is 9.78 Å². The van der Waals surface area contributed by atoms with Crippen molar-refractivity contribution in [2.75, 3.05) is 6.61 Å². The molecule has 0 saturated carbocycles. The zero-order valence-electron chi connectivity index (χ0n) is 9.02. The minimum absolute atomic E-state index is 0.0443. The van der Waals surface area contributed by atoms with Crippen molar-refractivity contribution in [2.24, 2.45) is 0 Å². The van der Waals surface area contributed by atoms with Crippen molar-refractivity contribution in [1.29, 1.82) is 5.26 Å². The maximum Gasteiger partial charge on any atom is 0.342 e. The Morgan fingerprint density at radius 1 is 1.73 bits per heavy atom. The molecule has 0 aromatic carbocycles. The molecule has 0 aliphatic rings. The van der Waals surface area contributed by atoms with Crippen LogP contribution >= 0.6 is 0 Å². The van der Waals surface area contributed by atoms with Crippen LogP contribution in [0.4, 0.5) is 0 Å². The summed E-state index contributed by atoms with van der Waals surface area (Å²) in [6.07, 6.45) is 1.37. The number of ether oxygens (including phenoxy) is 1. The van der Waals surface area contributed by atoms with E-state index in [2.05, 4.69) is 5.10 Å². The molecule has 0 unspecified atom stereocenters. The average molecular weight is 207 g/mol. The third kappa shape index (κ3) is 2.15. The fourth-order valence-corrected chi connectivity index (χ4v) is 1.22.